The van der Waals surface area contributed by atoms with Crippen molar-refractivity contribution in [2.24, 2.45) is 17.3 Å². The van der Waals surface area contributed by atoms with Crippen molar-refractivity contribution in [3.05, 3.63) is 23.9 Å². The Morgan fingerprint density at radius 1 is 1.09 bits per heavy atom. The molecule has 0 spiro atoms. The van der Waals surface area contributed by atoms with E-state index in [0.29, 0.717) is 30.0 Å². The molecule has 2 bridgehead atoms. The average Bonchev–Trinajstić information content (AvgIpc) is 3.57. The van der Waals surface area contributed by atoms with E-state index >= 15 is 0 Å². The molecular formula is C36H52N4O7. The molecule has 47 heavy (non-hydrogen) atoms. The maximum Gasteiger partial charge on any atom is 0.408 e. The number of nitrogens with one attached hydrogen (secondary N) is 1. The first-order valence-corrected chi connectivity index (χ1v) is 17.1. The molecule has 1 saturated heterocycles. The Bertz CT molecular complexity index is 1500. The van der Waals surface area contributed by atoms with Crippen molar-refractivity contribution in [2.45, 2.75) is 130 Å². The first kappa shape index (κ1) is 34.7. The van der Waals surface area contributed by atoms with E-state index in [4.69, 9.17) is 28.9 Å². The summed E-state index contributed by atoms with van der Waals surface area (Å²) in [5, 5.41) is 2.90. The molecule has 1 aromatic heterocycles. The topological polar surface area (TPSA) is 129 Å². The number of rotatable bonds is 3. The number of ether oxygens (including phenoxy) is 4. The van der Waals surface area contributed by atoms with Crippen LogP contribution in [-0.2, 0) is 25.5 Å². The van der Waals surface area contributed by atoms with Gasteiger partial charge in [-0.3, -0.25) is 4.79 Å². The van der Waals surface area contributed by atoms with Gasteiger partial charge in [0.25, 0.3) is 0 Å². The minimum atomic E-state index is -0.959. The van der Waals surface area contributed by atoms with Crippen molar-refractivity contribution in [3.8, 4) is 11.6 Å². The summed E-state index contributed by atoms with van der Waals surface area (Å²) in [7, 11) is 1.60. The third kappa shape index (κ3) is 7.59. The first-order chi connectivity index (χ1) is 22.0. The molecule has 2 unspecified atom stereocenters. The number of hydrogen-bond donors (Lipinski definition) is 1. The molecule has 1 saturated carbocycles. The number of aromatic nitrogens is 2. The van der Waals surface area contributed by atoms with Gasteiger partial charge in [-0.05, 0) is 70.4 Å². The predicted molar refractivity (Wildman–Crippen MR) is 177 cm³/mol. The van der Waals surface area contributed by atoms with Crippen LogP contribution in [0.25, 0.3) is 11.0 Å². The molecule has 2 fully saturated rings. The van der Waals surface area contributed by atoms with Gasteiger partial charge in [-0.1, -0.05) is 47.5 Å². The molecule has 3 aliphatic rings. The molecule has 6 atom stereocenters. The number of alkyl carbamates (subject to hydrolysis) is 1. The second kappa shape index (κ2) is 13.1. The summed E-state index contributed by atoms with van der Waals surface area (Å²) in [5.41, 5.74) is 0.146. The standard InChI is InChI=1S/C36H52N4O7/c1-10-36-19-22(36)14-12-11-13-15-25-30(38-26-18-23(44-9)16-17-24(26)37-25)45-27-20-40(28(21(27)2)32(42)46-35(6,7)8)31(41)29(34(3,4)5)39-33(43)47-36/h16-18,21-22,27-29H,10-15,19-20H2,1-9H3,(H,39,43)/t21-,22?,27+,28+,29-,36?/m1/s1. The van der Waals surface area contributed by atoms with E-state index in [-0.39, 0.29) is 12.5 Å². The summed E-state index contributed by atoms with van der Waals surface area (Å²) in [6.07, 6.45) is 4.83. The highest BCUT2D eigenvalue weighted by molar-refractivity contribution is 5.91. The minimum Gasteiger partial charge on any atom is -0.497 e. The van der Waals surface area contributed by atoms with Gasteiger partial charge in [0, 0.05) is 17.9 Å². The van der Waals surface area contributed by atoms with Gasteiger partial charge in [-0.2, -0.15) is 0 Å². The van der Waals surface area contributed by atoms with Crippen LogP contribution in [0.4, 0.5) is 4.79 Å². The number of carbonyl (C=O) groups is 3. The monoisotopic (exact) mass is 652 g/mol. The van der Waals surface area contributed by atoms with Crippen molar-refractivity contribution in [1.29, 1.82) is 0 Å². The molecule has 258 valence electrons. The molecule has 11 nitrogen and oxygen atoms in total. The number of aryl methyl sites for hydroxylation is 1. The molecule has 2 aromatic rings. The second-order valence-corrected chi connectivity index (χ2v) is 15.6. The summed E-state index contributed by atoms with van der Waals surface area (Å²) in [6.45, 7) is 15.1. The molecule has 5 rings (SSSR count). The first-order valence-electron chi connectivity index (χ1n) is 17.1. The van der Waals surface area contributed by atoms with E-state index in [0.717, 1.165) is 43.3 Å². The normalized spacial score (nSPS) is 29.0. The van der Waals surface area contributed by atoms with E-state index in [1.165, 1.54) is 4.90 Å². The fourth-order valence-electron chi connectivity index (χ4n) is 6.98. The van der Waals surface area contributed by atoms with Crippen molar-refractivity contribution >= 4 is 29.0 Å². The van der Waals surface area contributed by atoms with Crippen LogP contribution >= 0.6 is 0 Å². The number of carbonyl (C=O) groups excluding carboxylic acids is 3. The summed E-state index contributed by atoms with van der Waals surface area (Å²) >= 11 is 0. The van der Waals surface area contributed by atoms with Crippen molar-refractivity contribution < 1.29 is 33.3 Å². The SMILES string of the molecule is CCC12CC1CCCCCc1nc3ccc(OC)cc3nc1O[C@H]1CN(C(=O)[C@H](C(C)(C)C)NC(=O)O2)[C@H](C(=O)OC(C)(C)C)[C@@H]1C. The zero-order valence-corrected chi connectivity index (χ0v) is 29.5. The molecule has 3 heterocycles. The van der Waals surface area contributed by atoms with Gasteiger partial charge in [-0.25, -0.2) is 19.6 Å². The Morgan fingerprint density at radius 3 is 2.49 bits per heavy atom. The molecule has 1 N–H and O–H groups in total. The Balaban J connectivity index is 1.56. The third-order valence-electron chi connectivity index (χ3n) is 9.81. The van der Waals surface area contributed by atoms with E-state index < -0.39 is 58.7 Å². The fourth-order valence-corrected chi connectivity index (χ4v) is 6.98. The molecule has 0 radical (unpaired) electrons. The van der Waals surface area contributed by atoms with Crippen LogP contribution in [0, 0.1) is 17.3 Å². The largest absolute Gasteiger partial charge is 0.497 e. The lowest BCUT2D eigenvalue weighted by Gasteiger charge is -2.36. The molecular weight excluding hydrogens is 600 g/mol. The van der Waals surface area contributed by atoms with Gasteiger partial charge in [0.2, 0.25) is 11.8 Å². The van der Waals surface area contributed by atoms with E-state index in [1.54, 1.807) is 27.9 Å². The maximum atomic E-state index is 14.5. The van der Waals surface area contributed by atoms with Gasteiger partial charge in [-0.15, -0.1) is 0 Å². The number of benzene rings is 1. The lowest BCUT2D eigenvalue weighted by Crippen LogP contribution is -2.58. The average molecular weight is 653 g/mol. The molecule has 1 aliphatic carbocycles. The second-order valence-electron chi connectivity index (χ2n) is 15.6. The van der Waals surface area contributed by atoms with Gasteiger partial charge in [0.05, 0.1) is 24.7 Å². The number of methoxy groups -OCH3 is 1. The zero-order valence-electron chi connectivity index (χ0n) is 29.5. The lowest BCUT2D eigenvalue weighted by atomic mass is 9.85. The highest BCUT2D eigenvalue weighted by atomic mass is 16.6. The van der Waals surface area contributed by atoms with Crippen LogP contribution < -0.4 is 14.8 Å². The molecule has 1 aromatic carbocycles. The third-order valence-corrected chi connectivity index (χ3v) is 9.81. The van der Waals surface area contributed by atoms with Crippen LogP contribution in [0.15, 0.2) is 18.2 Å². The predicted octanol–water partition coefficient (Wildman–Crippen LogP) is 6.00. The highest BCUT2D eigenvalue weighted by Crippen LogP contribution is 2.52. The zero-order chi connectivity index (χ0) is 34.3. The van der Waals surface area contributed by atoms with Crippen molar-refractivity contribution in [1.82, 2.24) is 20.2 Å². The van der Waals surface area contributed by atoms with E-state index in [1.807, 2.05) is 52.8 Å². The number of amides is 2. The number of esters is 1. The smallest absolute Gasteiger partial charge is 0.408 e. The quantitative estimate of drug-likeness (QED) is 0.397. The summed E-state index contributed by atoms with van der Waals surface area (Å²) in [5.74, 6) is -0.0305. The lowest BCUT2D eigenvalue weighted by molar-refractivity contribution is -0.165. The van der Waals surface area contributed by atoms with Gasteiger partial charge in [0.15, 0.2) is 0 Å². The Hall–Kier alpha value is -3.63. The van der Waals surface area contributed by atoms with Crippen LogP contribution in [0.1, 0.15) is 99.6 Å². The van der Waals surface area contributed by atoms with E-state index in [2.05, 4.69) is 5.32 Å². The number of nitrogens with zero attached hydrogens (tertiary/aromatic N) is 3. The van der Waals surface area contributed by atoms with Crippen molar-refractivity contribution in [3.63, 3.8) is 0 Å². The van der Waals surface area contributed by atoms with Gasteiger partial charge in [0.1, 0.15) is 40.8 Å². The summed E-state index contributed by atoms with van der Waals surface area (Å²) in [4.78, 5) is 53.1. The highest BCUT2D eigenvalue weighted by Gasteiger charge is 2.56. The van der Waals surface area contributed by atoms with Crippen LogP contribution in [0.3, 0.4) is 0 Å². The molecule has 2 aliphatic heterocycles. The Kier molecular flexibility index (Phi) is 9.68. The maximum absolute atomic E-state index is 14.5. The van der Waals surface area contributed by atoms with E-state index in [9.17, 15) is 14.4 Å². The van der Waals surface area contributed by atoms with Gasteiger partial charge < -0.3 is 29.2 Å². The Morgan fingerprint density at radius 2 is 1.83 bits per heavy atom. The molecule has 11 heteroatoms. The number of hydrogen-bond acceptors (Lipinski definition) is 9. The van der Waals surface area contributed by atoms with Crippen LogP contribution in [0.5, 0.6) is 11.6 Å². The summed E-state index contributed by atoms with van der Waals surface area (Å²) < 4.78 is 24.0. The van der Waals surface area contributed by atoms with Crippen LogP contribution in [-0.4, -0.2) is 75.9 Å². The van der Waals surface area contributed by atoms with Crippen LogP contribution in [0.2, 0.25) is 0 Å². The minimum absolute atomic E-state index is 0.103. The Labute approximate surface area is 278 Å². The van der Waals surface area contributed by atoms with Crippen molar-refractivity contribution in [2.75, 3.05) is 13.7 Å². The fraction of sp³-hybridized carbons (Fsp3) is 0.694. The molecule has 2 amide bonds. The van der Waals surface area contributed by atoms with Gasteiger partial charge >= 0.3 is 12.1 Å². The number of fused-ring (bicyclic) bond motifs is 5. The summed E-state index contributed by atoms with van der Waals surface area (Å²) in [6, 6.07) is 3.68.